The molecule has 0 atom stereocenters. The molecule has 0 radical (unpaired) electrons. The summed E-state index contributed by atoms with van der Waals surface area (Å²) in [6.45, 7) is 4.33. The van der Waals surface area contributed by atoms with Crippen LogP contribution in [0.15, 0.2) is 0 Å². The lowest BCUT2D eigenvalue weighted by Gasteiger charge is -2.39. The van der Waals surface area contributed by atoms with Gasteiger partial charge in [0.1, 0.15) is 5.67 Å². The second-order valence-electron chi connectivity index (χ2n) is 6.53. The van der Waals surface area contributed by atoms with Crippen LogP contribution in [0, 0.1) is 17.8 Å². The molecule has 1 heteroatoms. The zero-order valence-corrected chi connectivity index (χ0v) is 11.7. The number of rotatable bonds is 3. The minimum atomic E-state index is -0.808. The predicted octanol–water partition coefficient (Wildman–Crippen LogP) is 5.51. The highest BCUT2D eigenvalue weighted by Crippen LogP contribution is 2.44. The number of alkyl halides is 1. The van der Waals surface area contributed by atoms with Crippen LogP contribution < -0.4 is 0 Å². The van der Waals surface area contributed by atoms with Crippen LogP contribution in [0.3, 0.4) is 0 Å². The molecular weight excluding hydrogens is 211 g/mol. The first-order valence-electron chi connectivity index (χ1n) is 7.85. The van der Waals surface area contributed by atoms with Gasteiger partial charge in [0.05, 0.1) is 0 Å². The van der Waals surface area contributed by atoms with Crippen LogP contribution in [-0.4, -0.2) is 5.67 Å². The highest BCUT2D eigenvalue weighted by Gasteiger charge is 2.37. The van der Waals surface area contributed by atoms with E-state index in [1.54, 1.807) is 0 Å². The summed E-state index contributed by atoms with van der Waals surface area (Å²) in [7, 11) is 0. The number of halogens is 1. The third kappa shape index (κ3) is 3.23. The van der Waals surface area contributed by atoms with Crippen molar-refractivity contribution in [1.82, 2.24) is 0 Å². The Labute approximate surface area is 106 Å². The molecule has 0 saturated heterocycles. The molecule has 0 unspecified atom stereocenters. The van der Waals surface area contributed by atoms with Crippen LogP contribution in [0.1, 0.15) is 78.1 Å². The van der Waals surface area contributed by atoms with Gasteiger partial charge < -0.3 is 0 Å². The molecule has 17 heavy (non-hydrogen) atoms. The summed E-state index contributed by atoms with van der Waals surface area (Å²) in [4.78, 5) is 0. The van der Waals surface area contributed by atoms with Crippen molar-refractivity contribution in [3.63, 3.8) is 0 Å². The van der Waals surface area contributed by atoms with E-state index >= 15 is 0 Å². The first-order chi connectivity index (χ1) is 8.17. The summed E-state index contributed by atoms with van der Waals surface area (Å²) < 4.78 is 14.2. The van der Waals surface area contributed by atoms with Crippen LogP contribution in [0.5, 0.6) is 0 Å². The molecule has 100 valence electrons. The van der Waals surface area contributed by atoms with E-state index in [1.165, 1.54) is 32.1 Å². The Morgan fingerprint density at radius 1 is 0.882 bits per heavy atom. The fourth-order valence-corrected chi connectivity index (χ4v) is 4.05. The van der Waals surface area contributed by atoms with Crippen molar-refractivity contribution in [2.75, 3.05) is 0 Å². The van der Waals surface area contributed by atoms with Gasteiger partial charge in [0.15, 0.2) is 0 Å². The van der Waals surface area contributed by atoms with Gasteiger partial charge in [-0.1, -0.05) is 33.1 Å². The molecule has 2 aliphatic rings. The molecule has 0 spiro atoms. The molecule has 0 aromatic carbocycles. The van der Waals surface area contributed by atoms with Gasteiger partial charge in [0, 0.05) is 0 Å². The summed E-state index contributed by atoms with van der Waals surface area (Å²) in [5.74, 6) is 2.77. The van der Waals surface area contributed by atoms with Crippen LogP contribution in [-0.2, 0) is 0 Å². The van der Waals surface area contributed by atoms with Crippen molar-refractivity contribution in [1.29, 1.82) is 0 Å². The van der Waals surface area contributed by atoms with Crippen LogP contribution in [0.4, 0.5) is 4.39 Å². The van der Waals surface area contributed by atoms with Gasteiger partial charge in [-0.2, -0.15) is 0 Å². The third-order valence-corrected chi connectivity index (χ3v) is 5.70. The Bertz CT molecular complexity index is 220. The molecule has 0 aromatic heterocycles. The molecule has 2 rings (SSSR count). The van der Waals surface area contributed by atoms with E-state index in [1.807, 2.05) is 6.92 Å². The monoisotopic (exact) mass is 240 g/mol. The lowest BCUT2D eigenvalue weighted by molar-refractivity contribution is 0.0517. The van der Waals surface area contributed by atoms with Gasteiger partial charge in [-0.25, -0.2) is 4.39 Å². The number of hydrogen-bond acceptors (Lipinski definition) is 0. The molecule has 0 bridgehead atoms. The average molecular weight is 240 g/mol. The molecule has 0 N–H and O–H groups in total. The van der Waals surface area contributed by atoms with Crippen molar-refractivity contribution in [3.05, 3.63) is 0 Å². The SMILES string of the molecule is CCC1CCC([C@H]2CC[C@](F)(CC)CC2)CC1. The molecular formula is C16H29F. The van der Waals surface area contributed by atoms with Crippen molar-refractivity contribution in [2.45, 2.75) is 83.7 Å². The Morgan fingerprint density at radius 3 is 1.88 bits per heavy atom. The van der Waals surface area contributed by atoms with E-state index in [2.05, 4.69) is 6.92 Å². The smallest absolute Gasteiger partial charge is 0.110 e. The normalized spacial score (nSPS) is 43.6. The van der Waals surface area contributed by atoms with Gasteiger partial charge in [-0.05, 0) is 62.7 Å². The minimum Gasteiger partial charge on any atom is -0.244 e. The van der Waals surface area contributed by atoms with Crippen LogP contribution >= 0.6 is 0 Å². The summed E-state index contributed by atoms with van der Waals surface area (Å²) >= 11 is 0. The first kappa shape index (κ1) is 13.4. The zero-order valence-electron chi connectivity index (χ0n) is 11.7. The summed E-state index contributed by atoms with van der Waals surface area (Å²) in [5, 5.41) is 0. The predicted molar refractivity (Wildman–Crippen MR) is 71.8 cm³/mol. The molecule has 0 aliphatic heterocycles. The number of hydrogen-bond donors (Lipinski definition) is 0. The average Bonchev–Trinajstić information content (AvgIpc) is 2.40. The maximum atomic E-state index is 14.2. The Kier molecular flexibility index (Phi) is 4.49. The largest absolute Gasteiger partial charge is 0.244 e. The lowest BCUT2D eigenvalue weighted by Crippen LogP contribution is -2.32. The second kappa shape index (κ2) is 5.71. The van der Waals surface area contributed by atoms with Gasteiger partial charge in [0.25, 0.3) is 0 Å². The molecule has 0 nitrogen and oxygen atoms in total. The summed E-state index contributed by atoms with van der Waals surface area (Å²) in [5.41, 5.74) is -0.808. The Hall–Kier alpha value is -0.0700. The van der Waals surface area contributed by atoms with Gasteiger partial charge in [-0.3, -0.25) is 0 Å². The quantitative estimate of drug-likeness (QED) is 0.610. The second-order valence-corrected chi connectivity index (χ2v) is 6.53. The van der Waals surface area contributed by atoms with E-state index in [9.17, 15) is 4.39 Å². The fraction of sp³-hybridized carbons (Fsp3) is 1.00. The maximum absolute atomic E-state index is 14.2. The van der Waals surface area contributed by atoms with Crippen molar-refractivity contribution in [2.24, 2.45) is 17.8 Å². The van der Waals surface area contributed by atoms with Gasteiger partial charge in [0.2, 0.25) is 0 Å². The molecule has 2 fully saturated rings. The molecule has 2 aliphatic carbocycles. The molecule has 0 amide bonds. The molecule has 0 heterocycles. The van der Waals surface area contributed by atoms with E-state index in [-0.39, 0.29) is 0 Å². The van der Waals surface area contributed by atoms with Crippen molar-refractivity contribution in [3.8, 4) is 0 Å². The Morgan fingerprint density at radius 2 is 1.41 bits per heavy atom. The highest BCUT2D eigenvalue weighted by atomic mass is 19.1. The minimum absolute atomic E-state index is 0.724. The zero-order chi connectivity index (χ0) is 12.3. The van der Waals surface area contributed by atoms with Gasteiger partial charge >= 0.3 is 0 Å². The van der Waals surface area contributed by atoms with Crippen molar-refractivity contribution >= 4 is 0 Å². The van der Waals surface area contributed by atoms with Gasteiger partial charge in [-0.15, -0.1) is 0 Å². The third-order valence-electron chi connectivity index (χ3n) is 5.70. The van der Waals surface area contributed by atoms with E-state index in [0.29, 0.717) is 0 Å². The summed E-state index contributed by atoms with van der Waals surface area (Å²) in [6, 6.07) is 0. The lowest BCUT2D eigenvalue weighted by atomic mass is 9.68. The van der Waals surface area contributed by atoms with Crippen LogP contribution in [0.2, 0.25) is 0 Å². The van der Waals surface area contributed by atoms with E-state index in [0.717, 1.165) is 49.9 Å². The maximum Gasteiger partial charge on any atom is 0.110 e. The van der Waals surface area contributed by atoms with Crippen molar-refractivity contribution < 1.29 is 4.39 Å². The molecule has 0 aromatic rings. The first-order valence-corrected chi connectivity index (χ1v) is 7.85. The molecule has 2 saturated carbocycles. The van der Waals surface area contributed by atoms with E-state index in [4.69, 9.17) is 0 Å². The van der Waals surface area contributed by atoms with Crippen LogP contribution in [0.25, 0.3) is 0 Å². The van der Waals surface area contributed by atoms with E-state index < -0.39 is 5.67 Å². The highest BCUT2D eigenvalue weighted by molar-refractivity contribution is 4.88. The standard InChI is InChI=1S/C16H29F/c1-3-13-5-7-14(8-6-13)15-9-11-16(17,4-2)12-10-15/h13-15H,3-12H2,1-2H3/t13?,14?,15-,16+. The Balaban J connectivity index is 1.78. The summed E-state index contributed by atoms with van der Waals surface area (Å²) in [6.07, 6.45) is 11.8. The topological polar surface area (TPSA) is 0 Å². The fourth-order valence-electron chi connectivity index (χ4n) is 4.05.